The van der Waals surface area contributed by atoms with Gasteiger partial charge in [-0.2, -0.15) is 0 Å². The fourth-order valence-electron chi connectivity index (χ4n) is 3.20. The van der Waals surface area contributed by atoms with Crippen molar-refractivity contribution in [1.82, 2.24) is 4.90 Å². The predicted molar refractivity (Wildman–Crippen MR) is 98.7 cm³/mol. The zero-order chi connectivity index (χ0) is 15.9. The Kier molecular flexibility index (Phi) is 8.64. The molecule has 1 aliphatic rings. The van der Waals surface area contributed by atoms with Crippen LogP contribution in [-0.4, -0.2) is 29.9 Å². The first-order valence-electron chi connectivity index (χ1n) is 8.64. The van der Waals surface area contributed by atoms with E-state index in [0.717, 1.165) is 43.3 Å². The van der Waals surface area contributed by atoms with Crippen LogP contribution in [0.2, 0.25) is 0 Å². The Hall–Kier alpha value is -1.06. The van der Waals surface area contributed by atoms with Crippen LogP contribution >= 0.6 is 12.4 Å². The second-order valence-electron chi connectivity index (χ2n) is 7.04. The zero-order valence-corrected chi connectivity index (χ0v) is 15.2. The molecule has 4 heteroatoms. The first-order valence-corrected chi connectivity index (χ1v) is 8.64. The van der Waals surface area contributed by atoms with Crippen molar-refractivity contribution < 1.29 is 4.79 Å². The van der Waals surface area contributed by atoms with Crippen molar-refractivity contribution >= 4 is 18.3 Å². The summed E-state index contributed by atoms with van der Waals surface area (Å²) in [5, 5.41) is 0. The van der Waals surface area contributed by atoms with Crippen LogP contribution in [0.15, 0.2) is 30.3 Å². The van der Waals surface area contributed by atoms with Gasteiger partial charge in [0.2, 0.25) is 5.91 Å². The van der Waals surface area contributed by atoms with E-state index in [1.807, 2.05) is 35.2 Å². The first kappa shape index (κ1) is 20.0. The number of nitrogens with zero attached hydrogens (tertiary/aromatic N) is 1. The summed E-state index contributed by atoms with van der Waals surface area (Å²) >= 11 is 0. The molecule has 0 radical (unpaired) electrons. The summed E-state index contributed by atoms with van der Waals surface area (Å²) in [5.74, 6) is 1.68. The van der Waals surface area contributed by atoms with E-state index in [4.69, 9.17) is 5.73 Å². The maximum absolute atomic E-state index is 12.5. The second kappa shape index (κ2) is 9.94. The van der Waals surface area contributed by atoms with E-state index < -0.39 is 6.04 Å². The molecule has 130 valence electrons. The Labute approximate surface area is 147 Å². The van der Waals surface area contributed by atoms with Crippen molar-refractivity contribution in [2.75, 3.05) is 13.1 Å². The highest BCUT2D eigenvalue weighted by Crippen LogP contribution is 2.24. The molecule has 0 bridgehead atoms. The largest absolute Gasteiger partial charge is 0.341 e. The minimum absolute atomic E-state index is 0. The molecule has 0 aliphatic carbocycles. The van der Waals surface area contributed by atoms with E-state index in [2.05, 4.69) is 13.8 Å². The van der Waals surface area contributed by atoms with Crippen LogP contribution in [0.25, 0.3) is 0 Å². The lowest BCUT2D eigenvalue weighted by Crippen LogP contribution is -2.48. The number of benzene rings is 1. The molecule has 2 N–H and O–H groups in total. The van der Waals surface area contributed by atoms with Gasteiger partial charge in [0.05, 0.1) is 6.04 Å². The van der Waals surface area contributed by atoms with Crippen molar-refractivity contribution in [2.45, 2.75) is 52.0 Å². The minimum Gasteiger partial charge on any atom is -0.341 e. The van der Waals surface area contributed by atoms with E-state index in [1.165, 1.54) is 12.8 Å². The van der Waals surface area contributed by atoms with Crippen LogP contribution in [-0.2, 0) is 11.2 Å². The predicted octanol–water partition coefficient (Wildman–Crippen LogP) is 3.65. The van der Waals surface area contributed by atoms with Gasteiger partial charge in [-0.15, -0.1) is 12.4 Å². The highest BCUT2D eigenvalue weighted by molar-refractivity contribution is 5.85. The molecule has 1 heterocycles. The molecule has 1 atom stereocenters. The second-order valence-corrected chi connectivity index (χ2v) is 7.04. The third-order valence-electron chi connectivity index (χ3n) is 4.69. The summed E-state index contributed by atoms with van der Waals surface area (Å²) in [7, 11) is 0. The monoisotopic (exact) mass is 338 g/mol. The Bertz CT molecular complexity index is 456. The van der Waals surface area contributed by atoms with Gasteiger partial charge >= 0.3 is 0 Å². The van der Waals surface area contributed by atoms with E-state index in [-0.39, 0.29) is 18.3 Å². The molecule has 2 rings (SSSR count). The van der Waals surface area contributed by atoms with Gasteiger partial charge in [-0.25, -0.2) is 0 Å². The van der Waals surface area contributed by atoms with Gasteiger partial charge in [-0.3, -0.25) is 4.79 Å². The fraction of sp³-hybridized carbons (Fsp3) is 0.632. The number of amides is 1. The molecular formula is C19H31ClN2O. The lowest BCUT2D eigenvalue weighted by Gasteiger charge is -2.33. The number of likely N-dealkylation sites (tertiary alicyclic amines) is 1. The van der Waals surface area contributed by atoms with Crippen molar-refractivity contribution in [3.63, 3.8) is 0 Å². The molecule has 1 amide bonds. The molecule has 0 saturated carbocycles. The summed E-state index contributed by atoms with van der Waals surface area (Å²) in [6, 6.07) is 9.63. The Balaban J connectivity index is 0.00000264. The van der Waals surface area contributed by atoms with E-state index in [9.17, 15) is 4.79 Å². The molecule has 1 aliphatic heterocycles. The zero-order valence-electron chi connectivity index (χ0n) is 14.4. The van der Waals surface area contributed by atoms with Crippen LogP contribution < -0.4 is 5.73 Å². The van der Waals surface area contributed by atoms with Crippen molar-refractivity contribution in [2.24, 2.45) is 17.6 Å². The minimum atomic E-state index is -0.408. The number of hydrogen-bond acceptors (Lipinski definition) is 2. The molecular weight excluding hydrogens is 308 g/mol. The van der Waals surface area contributed by atoms with Gasteiger partial charge in [0.25, 0.3) is 0 Å². The Morgan fingerprint density at radius 3 is 2.39 bits per heavy atom. The maximum Gasteiger partial charge on any atom is 0.239 e. The number of hydrogen-bond donors (Lipinski definition) is 1. The smallest absolute Gasteiger partial charge is 0.239 e. The molecule has 1 saturated heterocycles. The van der Waals surface area contributed by atoms with Crippen molar-refractivity contribution in [3.8, 4) is 0 Å². The molecule has 3 nitrogen and oxygen atoms in total. The van der Waals surface area contributed by atoms with Crippen LogP contribution in [0.1, 0.15) is 45.1 Å². The van der Waals surface area contributed by atoms with E-state index in [1.54, 1.807) is 0 Å². The summed E-state index contributed by atoms with van der Waals surface area (Å²) in [6.45, 7) is 6.32. The summed E-state index contributed by atoms with van der Waals surface area (Å²) in [4.78, 5) is 14.4. The Morgan fingerprint density at radius 2 is 1.83 bits per heavy atom. The third-order valence-corrected chi connectivity index (χ3v) is 4.69. The molecule has 1 fully saturated rings. The average Bonchev–Trinajstić information content (AvgIpc) is 2.53. The average molecular weight is 339 g/mol. The molecule has 0 unspecified atom stereocenters. The quantitative estimate of drug-likeness (QED) is 0.860. The number of halogens is 1. The number of nitrogens with two attached hydrogens (primary N) is 1. The maximum atomic E-state index is 12.5. The molecule has 1 aromatic rings. The Morgan fingerprint density at radius 1 is 1.22 bits per heavy atom. The van der Waals surface area contributed by atoms with Crippen LogP contribution in [0.5, 0.6) is 0 Å². The SMILES string of the molecule is CC(C)CCC1CCN(C(=O)[C@@H](N)Cc2ccccc2)CC1.Cl. The van der Waals surface area contributed by atoms with Crippen LogP contribution in [0, 0.1) is 11.8 Å². The summed E-state index contributed by atoms with van der Waals surface area (Å²) < 4.78 is 0. The van der Waals surface area contributed by atoms with Gasteiger partial charge in [0.1, 0.15) is 0 Å². The summed E-state index contributed by atoms with van der Waals surface area (Å²) in [6.07, 6.45) is 5.50. The number of rotatable bonds is 6. The fourth-order valence-corrected chi connectivity index (χ4v) is 3.20. The van der Waals surface area contributed by atoms with Gasteiger partial charge < -0.3 is 10.6 Å². The molecule has 1 aromatic carbocycles. The lowest BCUT2D eigenvalue weighted by atomic mass is 9.89. The summed E-state index contributed by atoms with van der Waals surface area (Å²) in [5.41, 5.74) is 7.26. The van der Waals surface area contributed by atoms with Crippen LogP contribution in [0.4, 0.5) is 0 Å². The molecule has 0 spiro atoms. The topological polar surface area (TPSA) is 46.3 Å². The van der Waals surface area contributed by atoms with Crippen LogP contribution in [0.3, 0.4) is 0 Å². The number of carbonyl (C=O) groups is 1. The van der Waals surface area contributed by atoms with Crippen molar-refractivity contribution in [1.29, 1.82) is 0 Å². The van der Waals surface area contributed by atoms with Gasteiger partial charge in [0.15, 0.2) is 0 Å². The number of carbonyl (C=O) groups excluding carboxylic acids is 1. The molecule has 0 aromatic heterocycles. The first-order chi connectivity index (χ1) is 10.6. The van der Waals surface area contributed by atoms with Crippen molar-refractivity contribution in [3.05, 3.63) is 35.9 Å². The standard InChI is InChI=1S/C19H30N2O.ClH/c1-15(2)8-9-16-10-12-21(13-11-16)19(22)18(20)14-17-6-4-3-5-7-17;/h3-7,15-16,18H,8-14,20H2,1-2H3;1H/t18-;/m0./s1. The highest BCUT2D eigenvalue weighted by atomic mass is 35.5. The van der Waals surface area contributed by atoms with E-state index in [0.29, 0.717) is 6.42 Å². The number of piperidine rings is 1. The van der Waals surface area contributed by atoms with E-state index >= 15 is 0 Å². The lowest BCUT2D eigenvalue weighted by molar-refractivity contribution is -0.134. The van der Waals surface area contributed by atoms with Gasteiger partial charge in [-0.05, 0) is 36.7 Å². The highest BCUT2D eigenvalue weighted by Gasteiger charge is 2.26. The third kappa shape index (κ3) is 6.52. The normalized spacial score (nSPS) is 17.0. The molecule has 23 heavy (non-hydrogen) atoms. The van der Waals surface area contributed by atoms with Gasteiger partial charge in [0, 0.05) is 13.1 Å². The van der Waals surface area contributed by atoms with Gasteiger partial charge in [-0.1, -0.05) is 57.0 Å².